The van der Waals surface area contributed by atoms with E-state index < -0.39 is 23.6 Å². The Balaban J connectivity index is 2.71. The van der Waals surface area contributed by atoms with Crippen molar-refractivity contribution in [2.75, 3.05) is 19.6 Å². The molecule has 1 aliphatic heterocycles. The summed E-state index contributed by atoms with van der Waals surface area (Å²) in [6, 6.07) is -1.26. The van der Waals surface area contributed by atoms with Gasteiger partial charge in [0.1, 0.15) is 5.60 Å². The van der Waals surface area contributed by atoms with Crippen LogP contribution in [0.2, 0.25) is 0 Å². The van der Waals surface area contributed by atoms with Gasteiger partial charge in [-0.15, -0.1) is 0 Å². The predicted octanol–water partition coefficient (Wildman–Crippen LogP) is 1.93. The first kappa shape index (κ1) is 22.2. The molecule has 0 unspecified atom stereocenters. The second-order valence-electron chi connectivity index (χ2n) is 8.26. The maximum Gasteiger partial charge on any atom is 0.410 e. The number of likely N-dealkylation sites (tertiary alicyclic amines) is 1. The number of rotatable bonds is 5. The van der Waals surface area contributed by atoms with Crippen molar-refractivity contribution in [2.45, 2.75) is 72.1 Å². The zero-order valence-electron chi connectivity index (χ0n) is 16.9. The normalized spacial score (nSPS) is 19.7. The van der Waals surface area contributed by atoms with Crippen LogP contribution in [0.15, 0.2) is 0 Å². The number of nitrogens with one attached hydrogen (secondary N) is 1. The van der Waals surface area contributed by atoms with Crippen LogP contribution in [0.3, 0.4) is 0 Å². The van der Waals surface area contributed by atoms with E-state index in [-0.39, 0.29) is 18.1 Å². The number of amides is 4. The van der Waals surface area contributed by atoms with Crippen LogP contribution in [0.4, 0.5) is 9.59 Å². The highest BCUT2D eigenvalue weighted by Crippen LogP contribution is 2.22. The largest absolute Gasteiger partial charge is 0.444 e. The summed E-state index contributed by atoms with van der Waals surface area (Å²) in [7, 11) is 0. The first-order valence-electron chi connectivity index (χ1n) is 9.24. The molecule has 8 nitrogen and oxygen atoms in total. The Kier molecular flexibility index (Phi) is 7.87. The molecule has 0 spiro atoms. The zero-order valence-corrected chi connectivity index (χ0v) is 16.9. The molecule has 0 saturated carbocycles. The topological polar surface area (TPSA) is 105 Å². The van der Waals surface area contributed by atoms with E-state index in [0.717, 1.165) is 19.4 Å². The van der Waals surface area contributed by atoms with E-state index in [1.165, 1.54) is 0 Å². The van der Waals surface area contributed by atoms with Crippen LogP contribution in [-0.2, 0) is 9.53 Å². The molecule has 1 fully saturated rings. The van der Waals surface area contributed by atoms with Crippen LogP contribution < -0.4 is 11.1 Å². The molecule has 1 aliphatic rings. The molecule has 0 aromatic rings. The lowest BCUT2D eigenvalue weighted by atomic mass is 9.95. The number of piperidine rings is 1. The summed E-state index contributed by atoms with van der Waals surface area (Å²) < 4.78 is 5.52. The van der Waals surface area contributed by atoms with E-state index in [0.29, 0.717) is 13.1 Å². The number of primary amides is 1. The summed E-state index contributed by atoms with van der Waals surface area (Å²) in [6.07, 6.45) is 1.59. The Morgan fingerprint density at radius 1 is 1.27 bits per heavy atom. The summed E-state index contributed by atoms with van der Waals surface area (Å²) in [5, 5.41) is 2.13. The van der Waals surface area contributed by atoms with E-state index in [9.17, 15) is 14.4 Å². The van der Waals surface area contributed by atoms with Crippen molar-refractivity contribution in [3.63, 3.8) is 0 Å². The summed E-state index contributed by atoms with van der Waals surface area (Å²) >= 11 is 0. The van der Waals surface area contributed by atoms with E-state index in [4.69, 9.17) is 10.5 Å². The third-order valence-corrected chi connectivity index (χ3v) is 4.43. The minimum Gasteiger partial charge on any atom is -0.444 e. The lowest BCUT2D eigenvalue weighted by Crippen LogP contribution is -2.53. The van der Waals surface area contributed by atoms with Crippen molar-refractivity contribution in [1.82, 2.24) is 15.1 Å². The van der Waals surface area contributed by atoms with Crippen LogP contribution in [0.5, 0.6) is 0 Å². The quantitative estimate of drug-likeness (QED) is 0.769. The van der Waals surface area contributed by atoms with Crippen molar-refractivity contribution in [1.29, 1.82) is 0 Å². The number of hydrogen-bond acceptors (Lipinski definition) is 5. The van der Waals surface area contributed by atoms with Crippen molar-refractivity contribution >= 4 is 18.0 Å². The van der Waals surface area contributed by atoms with Crippen molar-refractivity contribution in [2.24, 2.45) is 11.7 Å². The molecule has 8 heteroatoms. The average Bonchev–Trinajstić information content (AvgIpc) is 2.49. The Bertz CT molecular complexity index is 516. The highest BCUT2D eigenvalue weighted by atomic mass is 16.6. The summed E-state index contributed by atoms with van der Waals surface area (Å²) in [5.41, 5.74) is 4.49. The summed E-state index contributed by atoms with van der Waals surface area (Å²) in [4.78, 5) is 39.2. The highest BCUT2D eigenvalue weighted by Gasteiger charge is 2.31. The number of nitrogens with two attached hydrogens (primary N) is 1. The average molecular weight is 370 g/mol. The molecule has 150 valence electrons. The van der Waals surface area contributed by atoms with Gasteiger partial charge in [0.25, 0.3) is 0 Å². The van der Waals surface area contributed by atoms with E-state index in [1.54, 1.807) is 11.8 Å². The van der Waals surface area contributed by atoms with Gasteiger partial charge in [0, 0.05) is 19.1 Å². The summed E-state index contributed by atoms with van der Waals surface area (Å²) in [6.45, 7) is 13.3. The lowest BCUT2D eigenvalue weighted by Gasteiger charge is -2.39. The number of imide groups is 1. The van der Waals surface area contributed by atoms with Gasteiger partial charge >= 0.3 is 12.1 Å². The Labute approximate surface area is 156 Å². The third-order valence-electron chi connectivity index (χ3n) is 4.43. The molecule has 1 rings (SSSR count). The van der Waals surface area contributed by atoms with Gasteiger partial charge in [-0.05, 0) is 66.8 Å². The number of urea groups is 1. The minimum atomic E-state index is -0.841. The SMILES string of the molecule is CC(C)N(C[C@@H]1CCCN([C@@H](C)C(=O)NC(N)=O)C1)C(=O)OC(C)(C)C. The van der Waals surface area contributed by atoms with Crippen molar-refractivity contribution in [3.8, 4) is 0 Å². The molecule has 0 radical (unpaired) electrons. The molecular formula is C18H34N4O4. The standard InChI is InChI=1S/C18H34N4O4/c1-12(2)22(17(25)26-18(4,5)6)11-14-8-7-9-21(10-14)13(3)15(23)20-16(19)24/h12-14H,7-11H2,1-6H3,(H3,19,20,23,24)/t13-,14+/m0/s1. The summed E-state index contributed by atoms with van der Waals surface area (Å²) in [5.74, 6) is -0.159. The first-order valence-corrected chi connectivity index (χ1v) is 9.24. The highest BCUT2D eigenvalue weighted by molar-refractivity contribution is 5.96. The van der Waals surface area contributed by atoms with E-state index in [2.05, 4.69) is 5.32 Å². The molecule has 0 aromatic carbocycles. The first-order chi connectivity index (χ1) is 11.9. The molecule has 3 N–H and O–H groups in total. The molecule has 4 amide bonds. The number of carbonyl (C=O) groups is 3. The second-order valence-corrected chi connectivity index (χ2v) is 8.26. The molecule has 0 aromatic heterocycles. The van der Waals surface area contributed by atoms with Crippen LogP contribution in [0.25, 0.3) is 0 Å². The van der Waals surface area contributed by atoms with Gasteiger partial charge in [-0.3, -0.25) is 15.0 Å². The van der Waals surface area contributed by atoms with Gasteiger partial charge in [0.15, 0.2) is 0 Å². The fourth-order valence-corrected chi connectivity index (χ4v) is 3.08. The maximum absolute atomic E-state index is 12.5. The van der Waals surface area contributed by atoms with Crippen LogP contribution in [-0.4, -0.2) is 65.2 Å². The van der Waals surface area contributed by atoms with Crippen molar-refractivity contribution in [3.05, 3.63) is 0 Å². The number of hydrogen-bond donors (Lipinski definition) is 2. The Hall–Kier alpha value is -1.83. The van der Waals surface area contributed by atoms with Gasteiger partial charge in [0.05, 0.1) is 6.04 Å². The molecule has 1 saturated heterocycles. The second kappa shape index (κ2) is 9.21. The Morgan fingerprint density at radius 2 is 1.88 bits per heavy atom. The maximum atomic E-state index is 12.5. The minimum absolute atomic E-state index is 0.0239. The molecule has 1 heterocycles. The zero-order chi connectivity index (χ0) is 20.1. The monoisotopic (exact) mass is 370 g/mol. The molecule has 0 bridgehead atoms. The lowest BCUT2D eigenvalue weighted by molar-refractivity contribution is -0.125. The predicted molar refractivity (Wildman–Crippen MR) is 99.6 cm³/mol. The van der Waals surface area contributed by atoms with Crippen LogP contribution in [0.1, 0.15) is 54.4 Å². The number of ether oxygens (including phenoxy) is 1. The fourth-order valence-electron chi connectivity index (χ4n) is 3.08. The number of nitrogens with zero attached hydrogens (tertiary/aromatic N) is 2. The molecular weight excluding hydrogens is 336 g/mol. The Morgan fingerprint density at radius 3 is 2.38 bits per heavy atom. The van der Waals surface area contributed by atoms with Crippen LogP contribution in [0, 0.1) is 5.92 Å². The van der Waals surface area contributed by atoms with Gasteiger partial charge in [0.2, 0.25) is 5.91 Å². The van der Waals surface area contributed by atoms with Gasteiger partial charge in [-0.1, -0.05) is 0 Å². The smallest absolute Gasteiger partial charge is 0.410 e. The van der Waals surface area contributed by atoms with E-state index in [1.807, 2.05) is 39.5 Å². The van der Waals surface area contributed by atoms with E-state index >= 15 is 0 Å². The van der Waals surface area contributed by atoms with Crippen molar-refractivity contribution < 1.29 is 19.1 Å². The van der Waals surface area contributed by atoms with Gasteiger partial charge < -0.3 is 15.4 Å². The fraction of sp³-hybridized carbons (Fsp3) is 0.833. The van der Waals surface area contributed by atoms with Crippen LogP contribution >= 0.6 is 0 Å². The molecule has 0 aliphatic carbocycles. The molecule has 26 heavy (non-hydrogen) atoms. The van der Waals surface area contributed by atoms with Gasteiger partial charge in [-0.2, -0.15) is 0 Å². The number of carbonyl (C=O) groups excluding carboxylic acids is 3. The van der Waals surface area contributed by atoms with Gasteiger partial charge in [-0.25, -0.2) is 9.59 Å². The third kappa shape index (κ3) is 7.19. The molecule has 2 atom stereocenters.